The van der Waals surface area contributed by atoms with Gasteiger partial charge in [0.05, 0.1) is 7.11 Å². The normalized spacial score (nSPS) is 10.9. The van der Waals surface area contributed by atoms with E-state index in [1.54, 1.807) is 7.11 Å². The maximum absolute atomic E-state index is 5.86. The fraction of sp³-hybridized carbons (Fsp3) is 0.0952. The Morgan fingerprint density at radius 1 is 0.962 bits per heavy atom. The van der Waals surface area contributed by atoms with Crippen LogP contribution in [0.15, 0.2) is 80.7 Å². The van der Waals surface area contributed by atoms with E-state index in [0.29, 0.717) is 6.61 Å². The van der Waals surface area contributed by atoms with Gasteiger partial charge in [-0.1, -0.05) is 50.1 Å². The fourth-order valence-electron chi connectivity index (χ4n) is 2.33. The summed E-state index contributed by atoms with van der Waals surface area (Å²) in [6.45, 7) is 0.502. The van der Waals surface area contributed by atoms with Crippen molar-refractivity contribution in [3.63, 3.8) is 0 Å². The Bertz CT molecular complexity index is 908. The lowest BCUT2D eigenvalue weighted by Gasteiger charge is -2.08. The highest BCUT2D eigenvalue weighted by Crippen LogP contribution is 2.26. The summed E-state index contributed by atoms with van der Waals surface area (Å²) in [7, 11) is 1.64. The maximum atomic E-state index is 5.86. The second-order valence-electron chi connectivity index (χ2n) is 5.52. The van der Waals surface area contributed by atoms with E-state index in [1.165, 1.54) is 0 Å². The Labute approximate surface area is 169 Å². The highest BCUT2D eigenvalue weighted by molar-refractivity contribution is 9.11. The summed E-state index contributed by atoms with van der Waals surface area (Å²) < 4.78 is 13.2. The first kappa shape index (κ1) is 18.7. The Hall–Kier alpha value is -2.11. The van der Waals surface area contributed by atoms with Gasteiger partial charge in [-0.05, 0) is 54.1 Å². The van der Waals surface area contributed by atoms with Crippen molar-refractivity contribution < 1.29 is 9.47 Å². The average Bonchev–Trinajstić information content (AvgIpc) is 2.67. The molecule has 132 valence electrons. The fourth-order valence-corrected chi connectivity index (χ4v) is 3.49. The van der Waals surface area contributed by atoms with Crippen LogP contribution in [0, 0.1) is 0 Å². The van der Waals surface area contributed by atoms with Gasteiger partial charge >= 0.3 is 0 Å². The van der Waals surface area contributed by atoms with Crippen LogP contribution in [0.4, 0.5) is 5.69 Å². The molecule has 3 aromatic carbocycles. The Morgan fingerprint density at radius 2 is 1.73 bits per heavy atom. The van der Waals surface area contributed by atoms with Crippen LogP contribution in [-0.2, 0) is 6.61 Å². The highest BCUT2D eigenvalue weighted by atomic mass is 79.9. The zero-order valence-corrected chi connectivity index (χ0v) is 17.3. The molecule has 0 saturated carbocycles. The smallest absolute Gasteiger partial charge is 0.144 e. The molecule has 3 aromatic rings. The Morgan fingerprint density at radius 3 is 2.46 bits per heavy atom. The molecule has 3 nitrogen and oxygen atoms in total. The van der Waals surface area contributed by atoms with Crippen molar-refractivity contribution in [1.82, 2.24) is 0 Å². The van der Waals surface area contributed by atoms with Crippen LogP contribution in [0.1, 0.15) is 11.1 Å². The van der Waals surface area contributed by atoms with Crippen molar-refractivity contribution in [2.75, 3.05) is 7.11 Å². The summed E-state index contributed by atoms with van der Waals surface area (Å²) >= 11 is 7.00. The van der Waals surface area contributed by atoms with E-state index < -0.39 is 0 Å². The molecule has 0 saturated heterocycles. The SMILES string of the molecule is COc1ccccc1N=Cc1ccc(OCc2ccc(Br)cc2Br)cc1. The van der Waals surface area contributed by atoms with Crippen LogP contribution >= 0.6 is 31.9 Å². The van der Waals surface area contributed by atoms with Gasteiger partial charge in [0.1, 0.15) is 23.8 Å². The Balaban J connectivity index is 1.64. The molecule has 0 aliphatic carbocycles. The third-order valence-electron chi connectivity index (χ3n) is 3.73. The summed E-state index contributed by atoms with van der Waals surface area (Å²) in [6.07, 6.45) is 1.81. The summed E-state index contributed by atoms with van der Waals surface area (Å²) in [4.78, 5) is 4.49. The molecule has 0 spiro atoms. The predicted molar refractivity (Wildman–Crippen MR) is 113 cm³/mol. The van der Waals surface area contributed by atoms with Crippen LogP contribution in [0.25, 0.3) is 0 Å². The number of hydrogen-bond acceptors (Lipinski definition) is 3. The molecule has 0 N–H and O–H groups in total. The largest absolute Gasteiger partial charge is 0.494 e. The van der Waals surface area contributed by atoms with Gasteiger partial charge in [-0.15, -0.1) is 0 Å². The molecule has 0 aliphatic rings. The number of rotatable bonds is 6. The van der Waals surface area contributed by atoms with Gasteiger partial charge in [-0.25, -0.2) is 0 Å². The molecular weight excluding hydrogens is 458 g/mol. The van der Waals surface area contributed by atoms with Crippen molar-refractivity contribution in [2.45, 2.75) is 6.61 Å². The molecule has 0 fully saturated rings. The number of aliphatic imine (C=N–C) groups is 1. The standard InChI is InChI=1S/C21H17Br2NO2/c1-25-21-5-3-2-4-20(21)24-13-15-6-10-18(11-7-15)26-14-16-8-9-17(22)12-19(16)23/h2-13H,14H2,1H3. The third-order valence-corrected chi connectivity index (χ3v) is 4.96. The molecule has 0 aromatic heterocycles. The van der Waals surface area contributed by atoms with Crippen molar-refractivity contribution in [1.29, 1.82) is 0 Å². The van der Waals surface area contributed by atoms with Gasteiger partial charge in [0.25, 0.3) is 0 Å². The summed E-state index contributed by atoms with van der Waals surface area (Å²) in [5.41, 5.74) is 2.89. The lowest BCUT2D eigenvalue weighted by molar-refractivity contribution is 0.305. The monoisotopic (exact) mass is 473 g/mol. The first-order valence-electron chi connectivity index (χ1n) is 7.99. The van der Waals surface area contributed by atoms with Crippen molar-refractivity contribution in [2.24, 2.45) is 4.99 Å². The van der Waals surface area contributed by atoms with E-state index in [9.17, 15) is 0 Å². The number of ether oxygens (including phenoxy) is 2. The minimum absolute atomic E-state index is 0.502. The van der Waals surface area contributed by atoms with Gasteiger partial charge in [-0.3, -0.25) is 4.99 Å². The van der Waals surface area contributed by atoms with Gasteiger partial charge < -0.3 is 9.47 Å². The van der Waals surface area contributed by atoms with Crippen molar-refractivity contribution >= 4 is 43.8 Å². The number of hydrogen-bond donors (Lipinski definition) is 0. The number of benzene rings is 3. The second-order valence-corrected chi connectivity index (χ2v) is 7.29. The summed E-state index contributed by atoms with van der Waals surface area (Å²) in [5.74, 6) is 1.57. The minimum Gasteiger partial charge on any atom is -0.494 e. The van der Waals surface area contributed by atoms with E-state index in [1.807, 2.05) is 72.9 Å². The minimum atomic E-state index is 0.502. The first-order chi connectivity index (χ1) is 12.7. The van der Waals surface area contributed by atoms with Crippen molar-refractivity contribution in [3.05, 3.63) is 86.8 Å². The zero-order chi connectivity index (χ0) is 18.4. The van der Waals surface area contributed by atoms with E-state index in [0.717, 1.165) is 37.3 Å². The van der Waals surface area contributed by atoms with Crippen LogP contribution in [0.2, 0.25) is 0 Å². The van der Waals surface area contributed by atoms with Gasteiger partial charge in [0.15, 0.2) is 0 Å². The molecule has 0 bridgehead atoms. The third kappa shape index (κ3) is 4.96. The molecule has 26 heavy (non-hydrogen) atoms. The number of nitrogens with zero attached hydrogens (tertiary/aromatic N) is 1. The maximum Gasteiger partial charge on any atom is 0.144 e. The van der Waals surface area contributed by atoms with Crippen LogP contribution < -0.4 is 9.47 Å². The topological polar surface area (TPSA) is 30.8 Å². The van der Waals surface area contributed by atoms with Crippen LogP contribution in [-0.4, -0.2) is 13.3 Å². The summed E-state index contributed by atoms with van der Waals surface area (Å²) in [6, 6.07) is 21.6. The lowest BCUT2D eigenvalue weighted by atomic mass is 10.2. The lowest BCUT2D eigenvalue weighted by Crippen LogP contribution is -1.96. The van der Waals surface area contributed by atoms with Gasteiger partial charge in [0.2, 0.25) is 0 Å². The predicted octanol–water partition coefficient (Wildman–Crippen LogP) is 6.55. The second kappa shape index (κ2) is 9.01. The van der Waals surface area contributed by atoms with E-state index in [2.05, 4.69) is 36.9 Å². The number of methoxy groups -OCH3 is 1. The van der Waals surface area contributed by atoms with Crippen LogP contribution in [0.5, 0.6) is 11.5 Å². The number of halogens is 2. The average molecular weight is 475 g/mol. The zero-order valence-electron chi connectivity index (χ0n) is 14.2. The Kier molecular flexibility index (Phi) is 6.47. The molecule has 0 unspecified atom stereocenters. The van der Waals surface area contributed by atoms with E-state index >= 15 is 0 Å². The first-order valence-corrected chi connectivity index (χ1v) is 9.58. The molecule has 0 heterocycles. The van der Waals surface area contributed by atoms with Gasteiger partial charge in [-0.2, -0.15) is 0 Å². The molecular formula is C21H17Br2NO2. The van der Waals surface area contributed by atoms with Crippen molar-refractivity contribution in [3.8, 4) is 11.5 Å². The highest BCUT2D eigenvalue weighted by Gasteiger charge is 2.02. The number of para-hydroxylation sites is 2. The molecule has 3 rings (SSSR count). The van der Waals surface area contributed by atoms with Crippen LogP contribution in [0.3, 0.4) is 0 Å². The molecule has 5 heteroatoms. The van der Waals surface area contributed by atoms with Gasteiger partial charge in [0, 0.05) is 20.7 Å². The quantitative estimate of drug-likeness (QED) is 0.379. The molecule has 0 aliphatic heterocycles. The summed E-state index contributed by atoms with van der Waals surface area (Å²) in [5, 5.41) is 0. The molecule has 0 atom stereocenters. The van der Waals surface area contributed by atoms with E-state index in [-0.39, 0.29) is 0 Å². The molecule has 0 radical (unpaired) electrons. The van der Waals surface area contributed by atoms with E-state index in [4.69, 9.17) is 9.47 Å². The molecule has 0 amide bonds.